The second-order valence-corrected chi connectivity index (χ2v) is 9.37. The minimum Gasteiger partial charge on any atom is -0.481 e. The largest absolute Gasteiger partial charge is 0.481 e. The Balaban J connectivity index is 1.20. The molecule has 3 aromatic rings. The van der Waals surface area contributed by atoms with Gasteiger partial charge in [-0.2, -0.15) is 0 Å². The van der Waals surface area contributed by atoms with E-state index in [0.29, 0.717) is 24.3 Å². The van der Waals surface area contributed by atoms with Gasteiger partial charge in [0.1, 0.15) is 6.10 Å². The summed E-state index contributed by atoms with van der Waals surface area (Å²) >= 11 is 0. The molecule has 0 bridgehead atoms. The molecule has 186 valence electrons. The normalized spacial score (nSPS) is 17.2. The van der Waals surface area contributed by atoms with E-state index in [4.69, 9.17) is 4.74 Å². The zero-order valence-electron chi connectivity index (χ0n) is 20.3. The summed E-state index contributed by atoms with van der Waals surface area (Å²) < 4.78 is 5.57. The summed E-state index contributed by atoms with van der Waals surface area (Å²) in [7, 11) is 0. The van der Waals surface area contributed by atoms with Crippen LogP contribution >= 0.6 is 0 Å². The highest BCUT2D eigenvalue weighted by Crippen LogP contribution is 2.48. The van der Waals surface area contributed by atoms with Gasteiger partial charge in [0.05, 0.1) is 11.1 Å². The third-order valence-corrected chi connectivity index (χ3v) is 7.10. The van der Waals surface area contributed by atoms with Crippen LogP contribution in [0.15, 0.2) is 72.9 Å². The van der Waals surface area contributed by atoms with Crippen LogP contribution in [0.4, 0.5) is 22.0 Å². The van der Waals surface area contributed by atoms with Crippen LogP contribution in [0.1, 0.15) is 37.0 Å². The Hall–Kier alpha value is -4.07. The standard InChI is InChI=1S/C28H30N4O4/c1-20(21-6-3-2-4-7-21)36-27(35)30-24-8-5-15-29-25(24)32-18-16-31(17-19-32)23-11-9-22(10-12-23)28(13-14-28)26(33)34/h2-12,15,20H,13-14,16-19H2,1H3,(H,30,35)(H,33,34). The van der Waals surface area contributed by atoms with E-state index in [1.165, 1.54) is 0 Å². The van der Waals surface area contributed by atoms with Crippen LogP contribution < -0.4 is 15.1 Å². The number of carboxylic acid groups (broad SMARTS) is 1. The van der Waals surface area contributed by atoms with Gasteiger partial charge in [-0.1, -0.05) is 42.5 Å². The first-order valence-corrected chi connectivity index (χ1v) is 12.3. The van der Waals surface area contributed by atoms with Gasteiger partial charge in [0.15, 0.2) is 5.82 Å². The fourth-order valence-corrected chi connectivity index (χ4v) is 4.76. The highest BCUT2D eigenvalue weighted by Gasteiger charge is 2.51. The maximum Gasteiger partial charge on any atom is 0.412 e. The van der Waals surface area contributed by atoms with Crippen LogP contribution in [-0.4, -0.2) is 48.3 Å². The molecular weight excluding hydrogens is 456 g/mol. The highest BCUT2D eigenvalue weighted by atomic mass is 16.6. The molecular formula is C28H30N4O4. The topological polar surface area (TPSA) is 95.0 Å². The molecule has 0 spiro atoms. The molecule has 1 saturated carbocycles. The number of rotatable bonds is 7. The number of carboxylic acids is 1. The lowest BCUT2D eigenvalue weighted by Gasteiger charge is -2.37. The summed E-state index contributed by atoms with van der Waals surface area (Å²) in [4.78, 5) is 33.2. The van der Waals surface area contributed by atoms with Crippen molar-refractivity contribution in [2.75, 3.05) is 41.3 Å². The summed E-state index contributed by atoms with van der Waals surface area (Å²) in [6.07, 6.45) is 2.25. The molecule has 1 atom stereocenters. The van der Waals surface area contributed by atoms with Crippen LogP contribution in [0.5, 0.6) is 0 Å². The van der Waals surface area contributed by atoms with E-state index in [1.54, 1.807) is 12.3 Å². The number of amides is 1. The molecule has 8 nitrogen and oxygen atoms in total. The molecule has 1 amide bonds. The van der Waals surface area contributed by atoms with Crippen LogP contribution in [0.2, 0.25) is 0 Å². The Bertz CT molecular complexity index is 1220. The monoisotopic (exact) mass is 486 g/mol. The number of aliphatic carboxylic acids is 1. The van der Waals surface area contributed by atoms with Crippen molar-refractivity contribution in [1.29, 1.82) is 0 Å². The third-order valence-electron chi connectivity index (χ3n) is 7.10. The fourth-order valence-electron chi connectivity index (χ4n) is 4.76. The Labute approximate surface area is 210 Å². The molecule has 2 aromatic carbocycles. The SMILES string of the molecule is CC(OC(=O)Nc1cccnc1N1CCN(c2ccc(C3(C(=O)O)CC3)cc2)CC1)c1ccccc1. The average molecular weight is 487 g/mol. The maximum absolute atomic E-state index is 12.6. The van der Waals surface area contributed by atoms with Crippen molar-refractivity contribution < 1.29 is 19.4 Å². The molecule has 36 heavy (non-hydrogen) atoms. The van der Waals surface area contributed by atoms with Crippen molar-refractivity contribution in [1.82, 2.24) is 4.98 Å². The minimum atomic E-state index is -0.734. The quantitative estimate of drug-likeness (QED) is 0.494. The molecule has 1 unspecified atom stereocenters. The number of carbonyl (C=O) groups excluding carboxylic acids is 1. The third kappa shape index (κ3) is 4.84. The van der Waals surface area contributed by atoms with E-state index >= 15 is 0 Å². The number of anilines is 3. The summed E-state index contributed by atoms with van der Waals surface area (Å²) in [5.41, 5.74) is 2.83. The van der Waals surface area contributed by atoms with Crippen LogP contribution in [0.3, 0.4) is 0 Å². The van der Waals surface area contributed by atoms with Crippen molar-refractivity contribution >= 4 is 29.3 Å². The first-order chi connectivity index (χ1) is 17.5. The van der Waals surface area contributed by atoms with E-state index < -0.39 is 17.5 Å². The summed E-state index contributed by atoms with van der Waals surface area (Å²) in [5, 5.41) is 12.4. The molecule has 1 saturated heterocycles. The lowest BCUT2D eigenvalue weighted by Crippen LogP contribution is -2.47. The van der Waals surface area contributed by atoms with Gasteiger partial charge >= 0.3 is 12.1 Å². The highest BCUT2D eigenvalue weighted by molar-refractivity contribution is 5.89. The van der Waals surface area contributed by atoms with Crippen molar-refractivity contribution in [3.63, 3.8) is 0 Å². The van der Waals surface area contributed by atoms with Gasteiger partial charge in [-0.15, -0.1) is 0 Å². The number of hydrogen-bond acceptors (Lipinski definition) is 6. The van der Waals surface area contributed by atoms with Crippen molar-refractivity contribution in [3.05, 3.63) is 84.1 Å². The predicted octanol–water partition coefficient (Wildman–Crippen LogP) is 4.83. The maximum atomic E-state index is 12.6. The molecule has 1 aliphatic heterocycles. The number of benzene rings is 2. The fraction of sp³-hybridized carbons (Fsp3) is 0.321. The van der Waals surface area contributed by atoms with Gasteiger partial charge < -0.3 is 19.6 Å². The molecule has 2 N–H and O–H groups in total. The molecule has 1 aromatic heterocycles. The van der Waals surface area contributed by atoms with Gasteiger partial charge in [0.2, 0.25) is 0 Å². The Morgan fingerprint density at radius 2 is 1.61 bits per heavy atom. The van der Waals surface area contributed by atoms with E-state index in [1.807, 2.05) is 67.6 Å². The van der Waals surface area contributed by atoms with Gasteiger partial charge in [-0.05, 0) is 55.2 Å². The number of nitrogens with one attached hydrogen (secondary N) is 1. The average Bonchev–Trinajstić information content (AvgIpc) is 3.72. The van der Waals surface area contributed by atoms with E-state index in [0.717, 1.165) is 43.0 Å². The van der Waals surface area contributed by atoms with Gasteiger partial charge in [0, 0.05) is 38.1 Å². The van der Waals surface area contributed by atoms with E-state index in [9.17, 15) is 14.7 Å². The molecule has 5 rings (SSSR count). The Morgan fingerprint density at radius 1 is 0.944 bits per heavy atom. The van der Waals surface area contributed by atoms with Gasteiger partial charge in [-0.3, -0.25) is 10.1 Å². The van der Waals surface area contributed by atoms with Crippen LogP contribution in [0, 0.1) is 0 Å². The zero-order valence-corrected chi connectivity index (χ0v) is 20.3. The molecule has 2 aliphatic rings. The number of nitrogens with zero attached hydrogens (tertiary/aromatic N) is 3. The Morgan fingerprint density at radius 3 is 2.25 bits per heavy atom. The van der Waals surface area contributed by atoms with Crippen LogP contribution in [-0.2, 0) is 14.9 Å². The van der Waals surface area contributed by atoms with E-state index in [2.05, 4.69) is 20.1 Å². The number of hydrogen-bond donors (Lipinski definition) is 2. The Kier molecular flexibility index (Phi) is 6.50. The number of piperazine rings is 1. The first kappa shape index (κ1) is 23.7. The second-order valence-electron chi connectivity index (χ2n) is 9.37. The molecule has 2 fully saturated rings. The van der Waals surface area contributed by atoms with Crippen molar-refractivity contribution in [2.24, 2.45) is 0 Å². The number of ether oxygens (including phenoxy) is 1. The summed E-state index contributed by atoms with van der Waals surface area (Å²) in [6, 6.07) is 21.2. The molecule has 1 aliphatic carbocycles. The smallest absolute Gasteiger partial charge is 0.412 e. The number of pyridine rings is 1. The lowest BCUT2D eigenvalue weighted by atomic mass is 9.96. The molecule has 8 heteroatoms. The summed E-state index contributed by atoms with van der Waals surface area (Å²) in [5.74, 6) is -0.0176. The van der Waals surface area contributed by atoms with Gasteiger partial charge in [-0.25, -0.2) is 9.78 Å². The second kappa shape index (κ2) is 9.89. The summed E-state index contributed by atoms with van der Waals surface area (Å²) in [6.45, 7) is 4.89. The number of carbonyl (C=O) groups is 2. The lowest BCUT2D eigenvalue weighted by molar-refractivity contribution is -0.140. The van der Waals surface area contributed by atoms with Crippen molar-refractivity contribution in [3.8, 4) is 0 Å². The zero-order chi connectivity index (χ0) is 25.1. The first-order valence-electron chi connectivity index (χ1n) is 12.3. The van der Waals surface area contributed by atoms with Crippen molar-refractivity contribution in [2.45, 2.75) is 31.3 Å². The molecule has 0 radical (unpaired) electrons. The van der Waals surface area contributed by atoms with Crippen LogP contribution in [0.25, 0.3) is 0 Å². The predicted molar refractivity (Wildman–Crippen MR) is 139 cm³/mol. The minimum absolute atomic E-state index is 0.369. The van der Waals surface area contributed by atoms with Gasteiger partial charge in [0.25, 0.3) is 0 Å². The molecule has 2 heterocycles. The van der Waals surface area contributed by atoms with E-state index in [-0.39, 0.29) is 6.10 Å². The number of aromatic nitrogens is 1.